The van der Waals surface area contributed by atoms with Gasteiger partial charge in [0.2, 0.25) is 5.88 Å². The third-order valence-electron chi connectivity index (χ3n) is 4.47. The van der Waals surface area contributed by atoms with E-state index in [4.69, 9.17) is 9.47 Å². The Morgan fingerprint density at radius 3 is 2.52 bits per heavy atom. The van der Waals surface area contributed by atoms with Gasteiger partial charge >= 0.3 is 5.97 Å². The molecule has 0 bridgehead atoms. The molecule has 0 spiro atoms. The third-order valence-corrected chi connectivity index (χ3v) is 4.47. The highest BCUT2D eigenvalue weighted by atomic mass is 16.5. The van der Waals surface area contributed by atoms with Crippen LogP contribution < -0.4 is 14.8 Å². The summed E-state index contributed by atoms with van der Waals surface area (Å²) in [7, 11) is 1.54. The molecule has 2 aromatic carbocycles. The van der Waals surface area contributed by atoms with Gasteiger partial charge in [-0.05, 0) is 31.4 Å². The molecule has 1 amide bonds. The van der Waals surface area contributed by atoms with Crippen molar-refractivity contribution in [3.8, 4) is 11.6 Å². The van der Waals surface area contributed by atoms with E-state index in [-0.39, 0.29) is 12.2 Å². The lowest BCUT2D eigenvalue weighted by atomic mass is 10.0. The van der Waals surface area contributed by atoms with Gasteiger partial charge in [-0.25, -0.2) is 9.78 Å². The molecule has 3 rings (SSSR count). The standard InChI is InChI=1S/C22H22N2O5/c1-22(2,21(26)27)24-20(25)17-10-9-15-6-4-5-7-16(15)19(17)29-13-14-8-11-18(28-3)23-12-14/h4-12H,13H2,1-3H3,(H,24,25)(H,26,27). The number of ether oxygens (including phenoxy) is 2. The molecule has 2 N–H and O–H groups in total. The number of hydrogen-bond acceptors (Lipinski definition) is 5. The number of carbonyl (C=O) groups excluding carboxylic acids is 1. The van der Waals surface area contributed by atoms with E-state index in [0.29, 0.717) is 11.6 Å². The fourth-order valence-electron chi connectivity index (χ4n) is 2.75. The molecule has 29 heavy (non-hydrogen) atoms. The maximum Gasteiger partial charge on any atom is 0.328 e. The predicted molar refractivity (Wildman–Crippen MR) is 108 cm³/mol. The maximum atomic E-state index is 12.8. The molecule has 0 saturated carbocycles. The Balaban J connectivity index is 1.95. The molecular weight excluding hydrogens is 372 g/mol. The van der Waals surface area contributed by atoms with Crippen LogP contribution in [0.2, 0.25) is 0 Å². The lowest BCUT2D eigenvalue weighted by Crippen LogP contribution is -2.49. The Morgan fingerprint density at radius 1 is 1.10 bits per heavy atom. The SMILES string of the molecule is COc1ccc(COc2c(C(=O)NC(C)(C)C(=O)O)ccc3ccccc23)cn1. The molecule has 0 aliphatic heterocycles. The molecule has 7 nitrogen and oxygen atoms in total. The fourth-order valence-corrected chi connectivity index (χ4v) is 2.75. The Morgan fingerprint density at radius 2 is 1.86 bits per heavy atom. The second kappa shape index (κ2) is 8.18. The molecular formula is C22H22N2O5. The predicted octanol–water partition coefficient (Wildman–Crippen LogP) is 3.42. The maximum absolute atomic E-state index is 12.8. The summed E-state index contributed by atoms with van der Waals surface area (Å²) in [4.78, 5) is 28.4. The van der Waals surface area contributed by atoms with E-state index in [9.17, 15) is 14.7 Å². The van der Waals surface area contributed by atoms with Crippen LogP contribution >= 0.6 is 0 Å². The first kappa shape index (κ1) is 20.1. The van der Waals surface area contributed by atoms with Crippen molar-refractivity contribution in [2.45, 2.75) is 26.0 Å². The number of carboxylic acid groups (broad SMARTS) is 1. The number of carboxylic acids is 1. The van der Waals surface area contributed by atoms with E-state index < -0.39 is 17.4 Å². The van der Waals surface area contributed by atoms with Crippen LogP contribution in [-0.4, -0.2) is 34.6 Å². The quantitative estimate of drug-likeness (QED) is 0.637. The minimum Gasteiger partial charge on any atom is -0.487 e. The Labute approximate surface area is 168 Å². The monoisotopic (exact) mass is 394 g/mol. The average Bonchev–Trinajstić information content (AvgIpc) is 2.71. The number of nitrogens with one attached hydrogen (secondary N) is 1. The average molecular weight is 394 g/mol. The highest BCUT2D eigenvalue weighted by Crippen LogP contribution is 2.31. The van der Waals surface area contributed by atoms with Crippen molar-refractivity contribution in [3.63, 3.8) is 0 Å². The van der Waals surface area contributed by atoms with E-state index in [1.807, 2.05) is 30.3 Å². The summed E-state index contributed by atoms with van der Waals surface area (Å²) in [5.74, 6) is -0.767. The largest absolute Gasteiger partial charge is 0.487 e. The molecule has 3 aromatic rings. The van der Waals surface area contributed by atoms with Gasteiger partial charge in [0.25, 0.3) is 5.91 Å². The number of aliphatic carboxylic acids is 1. The lowest BCUT2D eigenvalue weighted by molar-refractivity contribution is -0.143. The molecule has 0 unspecified atom stereocenters. The number of carbonyl (C=O) groups is 2. The van der Waals surface area contributed by atoms with Crippen molar-refractivity contribution < 1.29 is 24.2 Å². The molecule has 150 valence electrons. The molecule has 0 fully saturated rings. The zero-order chi connectivity index (χ0) is 21.0. The molecule has 0 aliphatic carbocycles. The smallest absolute Gasteiger partial charge is 0.328 e. The molecule has 0 radical (unpaired) electrons. The van der Waals surface area contributed by atoms with Gasteiger partial charge in [-0.3, -0.25) is 4.79 Å². The van der Waals surface area contributed by atoms with Crippen LogP contribution in [0.15, 0.2) is 54.7 Å². The van der Waals surface area contributed by atoms with Crippen LogP contribution in [0, 0.1) is 0 Å². The Kier molecular flexibility index (Phi) is 5.68. The van der Waals surface area contributed by atoms with Gasteiger partial charge in [0.05, 0.1) is 12.7 Å². The highest BCUT2D eigenvalue weighted by Gasteiger charge is 2.30. The number of methoxy groups -OCH3 is 1. The summed E-state index contributed by atoms with van der Waals surface area (Å²) < 4.78 is 11.1. The second-order valence-electron chi connectivity index (χ2n) is 7.05. The summed E-state index contributed by atoms with van der Waals surface area (Å²) in [6.45, 7) is 3.04. The minimum atomic E-state index is -1.42. The van der Waals surface area contributed by atoms with Crippen molar-refractivity contribution in [2.24, 2.45) is 0 Å². The third kappa shape index (κ3) is 4.45. The molecule has 7 heteroatoms. The van der Waals surface area contributed by atoms with Gasteiger partial charge in [-0.2, -0.15) is 0 Å². The second-order valence-corrected chi connectivity index (χ2v) is 7.05. The first-order valence-corrected chi connectivity index (χ1v) is 9.01. The number of nitrogens with zero attached hydrogens (tertiary/aromatic N) is 1. The summed E-state index contributed by atoms with van der Waals surface area (Å²) in [5, 5.41) is 13.5. The van der Waals surface area contributed by atoms with Crippen LogP contribution in [0.3, 0.4) is 0 Å². The van der Waals surface area contributed by atoms with Crippen LogP contribution in [-0.2, 0) is 11.4 Å². The molecule has 1 aromatic heterocycles. The van der Waals surface area contributed by atoms with Gasteiger partial charge in [0, 0.05) is 23.2 Å². The van der Waals surface area contributed by atoms with Gasteiger partial charge < -0.3 is 19.9 Å². The molecule has 0 aliphatic rings. The zero-order valence-electron chi connectivity index (χ0n) is 16.4. The summed E-state index contributed by atoms with van der Waals surface area (Å²) >= 11 is 0. The normalized spacial score (nSPS) is 11.1. The minimum absolute atomic E-state index is 0.188. The Bertz CT molecular complexity index is 1040. The van der Waals surface area contributed by atoms with Crippen molar-refractivity contribution >= 4 is 22.6 Å². The zero-order valence-corrected chi connectivity index (χ0v) is 16.4. The van der Waals surface area contributed by atoms with Gasteiger partial charge in [-0.15, -0.1) is 0 Å². The van der Waals surface area contributed by atoms with Crippen LogP contribution in [0.1, 0.15) is 29.8 Å². The molecule has 0 saturated heterocycles. The van der Waals surface area contributed by atoms with Crippen LogP contribution in [0.5, 0.6) is 11.6 Å². The fraction of sp³-hybridized carbons (Fsp3) is 0.227. The van der Waals surface area contributed by atoms with Crippen LogP contribution in [0.25, 0.3) is 10.8 Å². The summed E-state index contributed by atoms with van der Waals surface area (Å²) in [6, 6.07) is 14.5. The van der Waals surface area contributed by atoms with Gasteiger partial charge in [0.1, 0.15) is 17.9 Å². The van der Waals surface area contributed by atoms with Crippen LogP contribution in [0.4, 0.5) is 0 Å². The van der Waals surface area contributed by atoms with E-state index in [2.05, 4.69) is 10.3 Å². The number of amides is 1. The molecule has 0 atom stereocenters. The highest BCUT2D eigenvalue weighted by molar-refractivity contribution is 6.05. The summed E-state index contributed by atoms with van der Waals surface area (Å²) in [5.41, 5.74) is -0.352. The number of rotatable bonds is 7. The number of aromatic nitrogens is 1. The van der Waals surface area contributed by atoms with E-state index >= 15 is 0 Å². The van der Waals surface area contributed by atoms with E-state index in [1.165, 1.54) is 21.0 Å². The summed E-state index contributed by atoms with van der Waals surface area (Å²) in [6.07, 6.45) is 1.64. The number of pyridine rings is 1. The van der Waals surface area contributed by atoms with E-state index in [0.717, 1.165) is 16.3 Å². The van der Waals surface area contributed by atoms with Gasteiger partial charge in [-0.1, -0.05) is 30.3 Å². The first-order chi connectivity index (χ1) is 13.8. The van der Waals surface area contributed by atoms with Gasteiger partial charge in [0.15, 0.2) is 0 Å². The molecule has 1 heterocycles. The van der Waals surface area contributed by atoms with Crippen molar-refractivity contribution in [1.29, 1.82) is 0 Å². The van der Waals surface area contributed by atoms with Crippen molar-refractivity contribution in [3.05, 3.63) is 65.9 Å². The number of hydrogen-bond donors (Lipinski definition) is 2. The van der Waals surface area contributed by atoms with E-state index in [1.54, 1.807) is 24.4 Å². The number of benzene rings is 2. The Hall–Kier alpha value is -3.61. The lowest BCUT2D eigenvalue weighted by Gasteiger charge is -2.22. The number of fused-ring (bicyclic) bond motifs is 1. The topological polar surface area (TPSA) is 97.8 Å². The van der Waals surface area contributed by atoms with Crippen molar-refractivity contribution in [1.82, 2.24) is 10.3 Å². The first-order valence-electron chi connectivity index (χ1n) is 9.01. The van der Waals surface area contributed by atoms with Crippen molar-refractivity contribution in [2.75, 3.05) is 7.11 Å².